The molecule has 0 atom stereocenters. The second-order valence-corrected chi connectivity index (χ2v) is 4.67. The van der Waals surface area contributed by atoms with Crippen LogP contribution in [-0.2, 0) is 9.53 Å². The minimum atomic E-state index is -0.168. The summed E-state index contributed by atoms with van der Waals surface area (Å²) in [7, 11) is 0. The van der Waals surface area contributed by atoms with Gasteiger partial charge in [0.05, 0.1) is 6.61 Å². The van der Waals surface area contributed by atoms with Gasteiger partial charge in [-0.1, -0.05) is 40.0 Å². The molecule has 0 aliphatic rings. The van der Waals surface area contributed by atoms with Crippen molar-refractivity contribution in [1.82, 2.24) is 0 Å². The molecule has 0 rings (SSSR count). The molecule has 0 aromatic rings. The van der Waals surface area contributed by atoms with Crippen molar-refractivity contribution >= 4 is 5.97 Å². The van der Waals surface area contributed by atoms with E-state index < -0.39 is 0 Å². The predicted molar refractivity (Wildman–Crippen MR) is 59.2 cm³/mol. The molecule has 0 fully saturated rings. The Balaban J connectivity index is 3.25. The maximum Gasteiger partial charge on any atom is 0.302 e. The van der Waals surface area contributed by atoms with Crippen LogP contribution >= 0.6 is 0 Å². The average molecular weight is 200 g/mol. The van der Waals surface area contributed by atoms with Crippen LogP contribution in [0.1, 0.15) is 59.8 Å². The third-order valence-corrected chi connectivity index (χ3v) is 2.76. The zero-order valence-electron chi connectivity index (χ0n) is 10.1. The number of rotatable bonds is 7. The molecule has 14 heavy (non-hydrogen) atoms. The summed E-state index contributed by atoms with van der Waals surface area (Å²) < 4.78 is 4.86. The van der Waals surface area contributed by atoms with E-state index >= 15 is 0 Å². The Kier molecular flexibility index (Phi) is 6.60. The molecule has 0 saturated carbocycles. The SMILES string of the molecule is CCC(C)(C)CCCCCOC(C)=O. The van der Waals surface area contributed by atoms with Gasteiger partial charge in [-0.3, -0.25) is 4.79 Å². The summed E-state index contributed by atoms with van der Waals surface area (Å²) in [5.74, 6) is -0.168. The van der Waals surface area contributed by atoms with Crippen molar-refractivity contribution in [3.05, 3.63) is 0 Å². The number of unbranched alkanes of at least 4 members (excludes halogenated alkanes) is 2. The van der Waals surface area contributed by atoms with E-state index in [2.05, 4.69) is 20.8 Å². The molecular formula is C12H24O2. The zero-order chi connectivity index (χ0) is 11.0. The third-order valence-electron chi connectivity index (χ3n) is 2.76. The third kappa shape index (κ3) is 8.09. The van der Waals surface area contributed by atoms with Gasteiger partial charge in [-0.2, -0.15) is 0 Å². The fraction of sp³-hybridized carbons (Fsp3) is 0.917. The zero-order valence-corrected chi connectivity index (χ0v) is 10.1. The minimum absolute atomic E-state index is 0.168. The van der Waals surface area contributed by atoms with Gasteiger partial charge in [-0.25, -0.2) is 0 Å². The van der Waals surface area contributed by atoms with Crippen molar-refractivity contribution in [3.63, 3.8) is 0 Å². The minimum Gasteiger partial charge on any atom is -0.466 e. The Bertz CT molecular complexity index is 162. The highest BCUT2D eigenvalue weighted by molar-refractivity contribution is 5.65. The van der Waals surface area contributed by atoms with Gasteiger partial charge in [-0.05, 0) is 18.3 Å². The standard InChI is InChI=1S/C12H24O2/c1-5-12(3,4)9-7-6-8-10-14-11(2)13/h5-10H2,1-4H3. The van der Waals surface area contributed by atoms with E-state index in [0.717, 1.165) is 12.8 Å². The molecule has 0 unspecified atom stereocenters. The number of carbonyl (C=O) groups excluding carboxylic acids is 1. The fourth-order valence-corrected chi connectivity index (χ4v) is 1.28. The highest BCUT2D eigenvalue weighted by Gasteiger charge is 2.13. The number of ether oxygens (including phenoxy) is 1. The molecule has 0 aromatic carbocycles. The average Bonchev–Trinajstić information content (AvgIpc) is 2.10. The van der Waals surface area contributed by atoms with E-state index in [1.165, 1.54) is 26.2 Å². The van der Waals surface area contributed by atoms with Gasteiger partial charge in [0.2, 0.25) is 0 Å². The maximum absolute atomic E-state index is 10.5. The highest BCUT2D eigenvalue weighted by Crippen LogP contribution is 2.26. The summed E-state index contributed by atoms with van der Waals surface area (Å²) in [4.78, 5) is 10.5. The van der Waals surface area contributed by atoms with Gasteiger partial charge in [-0.15, -0.1) is 0 Å². The molecule has 0 N–H and O–H groups in total. The summed E-state index contributed by atoms with van der Waals surface area (Å²) >= 11 is 0. The van der Waals surface area contributed by atoms with Crippen molar-refractivity contribution in [2.45, 2.75) is 59.8 Å². The molecule has 84 valence electrons. The summed E-state index contributed by atoms with van der Waals surface area (Å²) in [6.07, 6.45) is 5.90. The first-order chi connectivity index (χ1) is 6.48. The number of hydrogen-bond donors (Lipinski definition) is 0. The van der Waals surface area contributed by atoms with Gasteiger partial charge < -0.3 is 4.74 Å². The van der Waals surface area contributed by atoms with Crippen LogP contribution in [0.25, 0.3) is 0 Å². The summed E-state index contributed by atoms with van der Waals surface area (Å²) in [5, 5.41) is 0. The number of carbonyl (C=O) groups is 1. The molecule has 0 saturated heterocycles. The molecule has 0 bridgehead atoms. The second kappa shape index (κ2) is 6.86. The molecule has 0 aliphatic heterocycles. The molecule has 2 nitrogen and oxygen atoms in total. The van der Waals surface area contributed by atoms with Crippen LogP contribution in [-0.4, -0.2) is 12.6 Å². The van der Waals surface area contributed by atoms with Crippen molar-refractivity contribution in [1.29, 1.82) is 0 Å². The van der Waals surface area contributed by atoms with Crippen molar-refractivity contribution in [3.8, 4) is 0 Å². The van der Waals surface area contributed by atoms with E-state index in [0.29, 0.717) is 12.0 Å². The van der Waals surface area contributed by atoms with Crippen LogP contribution in [0.4, 0.5) is 0 Å². The highest BCUT2D eigenvalue weighted by atomic mass is 16.5. The number of esters is 1. The lowest BCUT2D eigenvalue weighted by atomic mass is 9.84. The smallest absolute Gasteiger partial charge is 0.302 e. The van der Waals surface area contributed by atoms with Crippen LogP contribution in [0, 0.1) is 5.41 Å². The fourth-order valence-electron chi connectivity index (χ4n) is 1.28. The topological polar surface area (TPSA) is 26.3 Å². The quantitative estimate of drug-likeness (QED) is 0.464. The van der Waals surface area contributed by atoms with Crippen LogP contribution in [0.3, 0.4) is 0 Å². The summed E-state index contributed by atoms with van der Waals surface area (Å²) in [6, 6.07) is 0. The molecule has 0 amide bonds. The Morgan fingerprint density at radius 1 is 1.21 bits per heavy atom. The van der Waals surface area contributed by atoms with E-state index in [-0.39, 0.29) is 5.97 Å². The predicted octanol–water partition coefficient (Wildman–Crippen LogP) is 3.55. The molecular weight excluding hydrogens is 176 g/mol. The Labute approximate surface area is 88.0 Å². The van der Waals surface area contributed by atoms with Crippen molar-refractivity contribution in [2.75, 3.05) is 6.61 Å². The molecule has 0 radical (unpaired) electrons. The first kappa shape index (κ1) is 13.5. The number of hydrogen-bond acceptors (Lipinski definition) is 2. The summed E-state index contributed by atoms with van der Waals surface area (Å²) in [5.41, 5.74) is 0.474. The molecule has 0 aliphatic carbocycles. The van der Waals surface area contributed by atoms with Crippen molar-refractivity contribution < 1.29 is 9.53 Å². The molecule has 0 aromatic heterocycles. The van der Waals surface area contributed by atoms with Gasteiger partial charge >= 0.3 is 5.97 Å². The summed E-state index contributed by atoms with van der Waals surface area (Å²) in [6.45, 7) is 8.89. The van der Waals surface area contributed by atoms with E-state index in [1.807, 2.05) is 0 Å². The monoisotopic (exact) mass is 200 g/mol. The van der Waals surface area contributed by atoms with Crippen LogP contribution in [0.15, 0.2) is 0 Å². The lowest BCUT2D eigenvalue weighted by molar-refractivity contribution is -0.141. The van der Waals surface area contributed by atoms with E-state index in [9.17, 15) is 4.79 Å². The van der Waals surface area contributed by atoms with Gasteiger partial charge in [0.1, 0.15) is 0 Å². The largest absolute Gasteiger partial charge is 0.466 e. The van der Waals surface area contributed by atoms with Crippen LogP contribution in [0.2, 0.25) is 0 Å². The van der Waals surface area contributed by atoms with Gasteiger partial charge in [0.25, 0.3) is 0 Å². The maximum atomic E-state index is 10.5. The van der Waals surface area contributed by atoms with Crippen LogP contribution < -0.4 is 0 Å². The lowest BCUT2D eigenvalue weighted by Crippen LogP contribution is -2.09. The van der Waals surface area contributed by atoms with Crippen LogP contribution in [0.5, 0.6) is 0 Å². The van der Waals surface area contributed by atoms with E-state index in [1.54, 1.807) is 0 Å². The first-order valence-electron chi connectivity index (χ1n) is 5.61. The van der Waals surface area contributed by atoms with Gasteiger partial charge in [0.15, 0.2) is 0 Å². The Morgan fingerprint density at radius 3 is 2.36 bits per heavy atom. The van der Waals surface area contributed by atoms with E-state index in [4.69, 9.17) is 4.74 Å². The molecule has 0 spiro atoms. The first-order valence-corrected chi connectivity index (χ1v) is 5.61. The van der Waals surface area contributed by atoms with Crippen molar-refractivity contribution in [2.24, 2.45) is 5.41 Å². The molecule has 0 heterocycles. The Morgan fingerprint density at radius 2 is 1.86 bits per heavy atom. The Hall–Kier alpha value is -0.530. The van der Waals surface area contributed by atoms with Gasteiger partial charge in [0, 0.05) is 6.92 Å². The second-order valence-electron chi connectivity index (χ2n) is 4.67. The molecule has 2 heteroatoms. The normalized spacial score (nSPS) is 11.4. The lowest BCUT2D eigenvalue weighted by Gasteiger charge is -2.22.